The summed E-state index contributed by atoms with van der Waals surface area (Å²) in [7, 11) is 0. The monoisotopic (exact) mass is 317 g/mol. The summed E-state index contributed by atoms with van der Waals surface area (Å²) >= 11 is 0. The maximum atomic E-state index is 12.4. The molecule has 2 heterocycles. The van der Waals surface area contributed by atoms with Gasteiger partial charge in [0.05, 0.1) is 11.9 Å². The number of pyridine rings is 1. The lowest BCUT2D eigenvalue weighted by molar-refractivity contribution is 0.102. The summed E-state index contributed by atoms with van der Waals surface area (Å²) in [5.74, 6) is 0.868. The molecule has 0 atom stereocenters. The molecule has 4 rings (SSSR count). The molecule has 0 radical (unpaired) electrons. The molecule has 1 amide bonds. The highest BCUT2D eigenvalue weighted by molar-refractivity contribution is 6.06. The van der Waals surface area contributed by atoms with Gasteiger partial charge >= 0.3 is 0 Å². The van der Waals surface area contributed by atoms with E-state index in [-0.39, 0.29) is 5.91 Å². The highest BCUT2D eigenvalue weighted by Crippen LogP contribution is 2.20. The molecule has 4 heteroatoms. The second kappa shape index (κ2) is 6.32. The average molecular weight is 317 g/mol. The van der Waals surface area contributed by atoms with Crippen LogP contribution in [-0.2, 0) is 0 Å². The van der Waals surface area contributed by atoms with Crippen molar-refractivity contribution in [2.75, 3.05) is 23.3 Å². The van der Waals surface area contributed by atoms with E-state index in [1.54, 1.807) is 6.20 Å². The maximum absolute atomic E-state index is 12.4. The Kier molecular flexibility index (Phi) is 3.87. The molecule has 0 spiro atoms. The van der Waals surface area contributed by atoms with Crippen LogP contribution in [0.4, 0.5) is 11.5 Å². The largest absolute Gasteiger partial charge is 0.357 e. The Labute approximate surface area is 141 Å². The van der Waals surface area contributed by atoms with Crippen molar-refractivity contribution in [3.63, 3.8) is 0 Å². The Morgan fingerprint density at radius 3 is 2.50 bits per heavy atom. The number of benzene rings is 2. The van der Waals surface area contributed by atoms with Crippen LogP contribution in [0.2, 0.25) is 0 Å². The van der Waals surface area contributed by atoms with Gasteiger partial charge in [-0.15, -0.1) is 0 Å². The molecule has 4 nitrogen and oxygen atoms in total. The number of nitrogens with one attached hydrogen (secondary N) is 1. The van der Waals surface area contributed by atoms with E-state index >= 15 is 0 Å². The minimum atomic E-state index is -0.114. The van der Waals surface area contributed by atoms with Crippen molar-refractivity contribution >= 4 is 28.2 Å². The van der Waals surface area contributed by atoms with Crippen molar-refractivity contribution < 1.29 is 4.79 Å². The van der Waals surface area contributed by atoms with E-state index in [0.29, 0.717) is 5.56 Å². The molecule has 1 saturated heterocycles. The van der Waals surface area contributed by atoms with Crippen molar-refractivity contribution in [2.24, 2.45) is 0 Å². The number of anilines is 2. The molecule has 0 bridgehead atoms. The quantitative estimate of drug-likeness (QED) is 0.791. The van der Waals surface area contributed by atoms with E-state index in [2.05, 4.69) is 15.2 Å². The van der Waals surface area contributed by atoms with Gasteiger partial charge in [0.15, 0.2) is 0 Å². The van der Waals surface area contributed by atoms with E-state index in [4.69, 9.17) is 0 Å². The van der Waals surface area contributed by atoms with Crippen molar-refractivity contribution in [2.45, 2.75) is 12.8 Å². The Balaban J connectivity index is 1.50. The molecule has 2 aromatic carbocycles. The fraction of sp³-hybridized carbons (Fsp3) is 0.200. The molecule has 120 valence electrons. The zero-order valence-electron chi connectivity index (χ0n) is 13.4. The van der Waals surface area contributed by atoms with Gasteiger partial charge < -0.3 is 10.2 Å². The first-order valence-corrected chi connectivity index (χ1v) is 8.31. The lowest BCUT2D eigenvalue weighted by atomic mass is 10.1. The number of hydrogen-bond acceptors (Lipinski definition) is 3. The number of nitrogens with zero attached hydrogens (tertiary/aromatic N) is 2. The van der Waals surface area contributed by atoms with Gasteiger partial charge in [-0.2, -0.15) is 0 Å². The Morgan fingerprint density at radius 2 is 1.75 bits per heavy atom. The van der Waals surface area contributed by atoms with Gasteiger partial charge in [-0.25, -0.2) is 4.98 Å². The molecule has 1 aliphatic heterocycles. The number of carbonyl (C=O) groups is 1. The second-order valence-electron chi connectivity index (χ2n) is 6.12. The summed E-state index contributed by atoms with van der Waals surface area (Å²) in [5, 5.41) is 5.11. The number of hydrogen-bond donors (Lipinski definition) is 1. The van der Waals surface area contributed by atoms with Gasteiger partial charge in [-0.05, 0) is 47.9 Å². The number of aromatic nitrogens is 1. The third-order valence-electron chi connectivity index (χ3n) is 4.45. The van der Waals surface area contributed by atoms with E-state index in [1.165, 1.54) is 12.8 Å². The fourth-order valence-electron chi connectivity index (χ4n) is 3.13. The van der Waals surface area contributed by atoms with Crippen LogP contribution in [0.25, 0.3) is 10.8 Å². The Hall–Kier alpha value is -2.88. The van der Waals surface area contributed by atoms with Gasteiger partial charge in [-0.3, -0.25) is 4.79 Å². The summed E-state index contributed by atoms with van der Waals surface area (Å²) in [4.78, 5) is 19.2. The standard InChI is InChI=1S/C20H19N3O/c24-20(17-8-7-15-5-1-2-6-16(15)13-17)22-18-9-10-19(21-14-18)23-11-3-4-12-23/h1-2,5-10,13-14H,3-4,11-12H2,(H,22,24). The highest BCUT2D eigenvalue weighted by Gasteiger charge is 2.13. The molecule has 1 N–H and O–H groups in total. The van der Waals surface area contributed by atoms with Crippen LogP contribution in [-0.4, -0.2) is 24.0 Å². The van der Waals surface area contributed by atoms with Crippen molar-refractivity contribution in [3.05, 3.63) is 66.4 Å². The molecular weight excluding hydrogens is 298 g/mol. The zero-order chi connectivity index (χ0) is 16.4. The lowest BCUT2D eigenvalue weighted by Crippen LogP contribution is -2.19. The molecule has 1 aromatic heterocycles. The predicted octanol–water partition coefficient (Wildman–Crippen LogP) is 4.09. The third kappa shape index (κ3) is 2.95. The first-order chi connectivity index (χ1) is 11.8. The van der Waals surface area contributed by atoms with Gasteiger partial charge in [0.2, 0.25) is 0 Å². The second-order valence-corrected chi connectivity index (χ2v) is 6.12. The molecule has 3 aromatic rings. The van der Waals surface area contributed by atoms with Gasteiger partial charge in [0, 0.05) is 18.7 Å². The number of carbonyl (C=O) groups excluding carboxylic acids is 1. The summed E-state index contributed by atoms with van der Waals surface area (Å²) in [6, 6.07) is 17.7. The molecule has 1 aliphatic rings. The smallest absolute Gasteiger partial charge is 0.255 e. The van der Waals surface area contributed by atoms with Gasteiger partial charge in [0.1, 0.15) is 5.82 Å². The van der Waals surface area contributed by atoms with Crippen LogP contribution in [0.3, 0.4) is 0 Å². The molecule has 0 saturated carbocycles. The highest BCUT2D eigenvalue weighted by atomic mass is 16.1. The fourth-order valence-corrected chi connectivity index (χ4v) is 3.13. The van der Waals surface area contributed by atoms with Crippen LogP contribution in [0.5, 0.6) is 0 Å². The Bertz CT molecular complexity index is 867. The van der Waals surface area contributed by atoms with Crippen molar-refractivity contribution in [3.8, 4) is 0 Å². The molecular formula is C20H19N3O. The number of amides is 1. The average Bonchev–Trinajstić information content (AvgIpc) is 3.16. The third-order valence-corrected chi connectivity index (χ3v) is 4.45. The number of rotatable bonds is 3. The predicted molar refractivity (Wildman–Crippen MR) is 97.6 cm³/mol. The zero-order valence-corrected chi connectivity index (χ0v) is 13.4. The van der Waals surface area contributed by atoms with E-state index in [9.17, 15) is 4.79 Å². The van der Waals surface area contributed by atoms with Gasteiger partial charge in [-0.1, -0.05) is 30.3 Å². The van der Waals surface area contributed by atoms with E-state index in [0.717, 1.165) is 35.4 Å². The van der Waals surface area contributed by atoms with Crippen LogP contribution < -0.4 is 10.2 Å². The van der Waals surface area contributed by atoms with Crippen LogP contribution >= 0.6 is 0 Å². The van der Waals surface area contributed by atoms with Crippen molar-refractivity contribution in [1.29, 1.82) is 0 Å². The minimum absolute atomic E-state index is 0.114. The summed E-state index contributed by atoms with van der Waals surface area (Å²) in [6.07, 6.45) is 4.18. The molecule has 0 unspecified atom stereocenters. The van der Waals surface area contributed by atoms with Crippen molar-refractivity contribution in [1.82, 2.24) is 4.98 Å². The van der Waals surface area contributed by atoms with E-state index < -0.39 is 0 Å². The van der Waals surface area contributed by atoms with Gasteiger partial charge in [0.25, 0.3) is 5.91 Å². The molecule has 24 heavy (non-hydrogen) atoms. The molecule has 0 aliphatic carbocycles. The summed E-state index contributed by atoms with van der Waals surface area (Å²) in [6.45, 7) is 2.13. The lowest BCUT2D eigenvalue weighted by Gasteiger charge is -2.16. The summed E-state index contributed by atoms with van der Waals surface area (Å²) < 4.78 is 0. The van der Waals surface area contributed by atoms with E-state index in [1.807, 2.05) is 54.6 Å². The van der Waals surface area contributed by atoms with Crippen LogP contribution in [0.1, 0.15) is 23.2 Å². The van der Waals surface area contributed by atoms with Crippen LogP contribution in [0, 0.1) is 0 Å². The summed E-state index contributed by atoms with van der Waals surface area (Å²) in [5.41, 5.74) is 1.37. The first kappa shape index (κ1) is 14.7. The first-order valence-electron chi connectivity index (χ1n) is 8.31. The SMILES string of the molecule is O=C(Nc1ccc(N2CCCC2)nc1)c1ccc2ccccc2c1. The maximum Gasteiger partial charge on any atom is 0.255 e. The number of fused-ring (bicyclic) bond motifs is 1. The topological polar surface area (TPSA) is 45.2 Å². The minimum Gasteiger partial charge on any atom is -0.357 e. The normalized spacial score (nSPS) is 14.1. The van der Waals surface area contributed by atoms with Crippen LogP contribution in [0.15, 0.2) is 60.8 Å². The molecule has 1 fully saturated rings. The Morgan fingerprint density at radius 1 is 0.958 bits per heavy atom.